The fourth-order valence-corrected chi connectivity index (χ4v) is 4.03. The van der Waals surface area contributed by atoms with Crippen LogP contribution in [0.2, 0.25) is 0 Å². The summed E-state index contributed by atoms with van der Waals surface area (Å²) in [5.74, 6) is 2.38. The lowest BCUT2D eigenvalue weighted by molar-refractivity contribution is -0.130. The third kappa shape index (κ3) is 4.31. The smallest absolute Gasteiger partial charge is 0.233 e. The number of hydrogen-bond donors (Lipinski definition) is 0. The number of carbonyl (C=O) groups is 1. The zero-order valence-electron chi connectivity index (χ0n) is 14.8. The summed E-state index contributed by atoms with van der Waals surface area (Å²) in [4.78, 5) is 14.5. The topological polar surface area (TPSA) is 73.1 Å². The quantitative estimate of drug-likeness (QED) is 0.761. The van der Waals surface area contributed by atoms with Crippen LogP contribution in [0.1, 0.15) is 20.3 Å². The zero-order valence-corrected chi connectivity index (χ0v) is 15.6. The maximum absolute atomic E-state index is 12.5. The molecule has 1 saturated heterocycles. The highest BCUT2D eigenvalue weighted by Gasteiger charge is 2.25. The van der Waals surface area contributed by atoms with Crippen LogP contribution in [-0.2, 0) is 4.79 Å². The van der Waals surface area contributed by atoms with E-state index in [1.54, 1.807) is 11.8 Å². The number of ether oxygens (including phenoxy) is 1. The lowest BCUT2D eigenvalue weighted by Gasteiger charge is -2.34. The maximum atomic E-state index is 12.5. The molecule has 1 aromatic heterocycles. The van der Waals surface area contributed by atoms with E-state index in [9.17, 15) is 4.79 Å². The molecule has 7 nitrogen and oxygen atoms in total. The number of carbonyl (C=O) groups excluding carboxylic acids is 1. The van der Waals surface area contributed by atoms with E-state index in [1.165, 1.54) is 18.2 Å². The van der Waals surface area contributed by atoms with Crippen LogP contribution in [0.4, 0.5) is 0 Å². The number of benzene rings is 1. The van der Waals surface area contributed by atoms with E-state index < -0.39 is 0 Å². The average molecular weight is 361 g/mol. The van der Waals surface area contributed by atoms with Crippen molar-refractivity contribution in [2.45, 2.75) is 25.4 Å². The second kappa shape index (κ2) is 7.86. The SMILES string of the molecule is COc1ccc(-n2nnnc2SCC(=O)N2CC(C)CC(C)C2)cc1. The molecule has 1 fully saturated rings. The third-order valence-corrected chi connectivity index (χ3v) is 5.21. The molecular weight excluding hydrogens is 338 g/mol. The molecule has 1 amide bonds. The zero-order chi connectivity index (χ0) is 17.8. The second-order valence-electron chi connectivity index (χ2n) is 6.60. The molecule has 25 heavy (non-hydrogen) atoms. The van der Waals surface area contributed by atoms with E-state index in [2.05, 4.69) is 29.4 Å². The van der Waals surface area contributed by atoms with Crippen LogP contribution in [0, 0.1) is 11.8 Å². The summed E-state index contributed by atoms with van der Waals surface area (Å²) in [6, 6.07) is 7.48. The van der Waals surface area contributed by atoms with E-state index in [-0.39, 0.29) is 5.91 Å². The van der Waals surface area contributed by atoms with Crippen molar-refractivity contribution in [3.05, 3.63) is 24.3 Å². The van der Waals surface area contributed by atoms with Crippen molar-refractivity contribution >= 4 is 17.7 Å². The maximum Gasteiger partial charge on any atom is 0.233 e. The van der Waals surface area contributed by atoms with Gasteiger partial charge in [-0.2, -0.15) is 4.68 Å². The molecule has 1 aliphatic rings. The van der Waals surface area contributed by atoms with E-state index in [1.807, 2.05) is 29.2 Å². The van der Waals surface area contributed by atoms with Crippen molar-refractivity contribution in [3.63, 3.8) is 0 Å². The Morgan fingerprint density at radius 3 is 2.56 bits per heavy atom. The largest absolute Gasteiger partial charge is 0.497 e. The Morgan fingerprint density at radius 2 is 1.92 bits per heavy atom. The van der Waals surface area contributed by atoms with Gasteiger partial charge in [0.1, 0.15) is 5.75 Å². The monoisotopic (exact) mass is 361 g/mol. The Hall–Kier alpha value is -2.09. The molecule has 8 heteroatoms. The molecule has 2 heterocycles. The average Bonchev–Trinajstić information content (AvgIpc) is 3.07. The van der Waals surface area contributed by atoms with Gasteiger partial charge in [-0.3, -0.25) is 4.79 Å². The van der Waals surface area contributed by atoms with Crippen LogP contribution in [0.5, 0.6) is 5.75 Å². The first-order valence-electron chi connectivity index (χ1n) is 8.40. The number of piperidine rings is 1. The number of hydrogen-bond acceptors (Lipinski definition) is 6. The Bertz CT molecular complexity index is 708. The van der Waals surface area contributed by atoms with Crippen LogP contribution >= 0.6 is 11.8 Å². The minimum absolute atomic E-state index is 0.146. The molecule has 0 bridgehead atoms. The van der Waals surface area contributed by atoms with Crippen molar-refractivity contribution in [2.75, 3.05) is 26.0 Å². The highest BCUT2D eigenvalue weighted by molar-refractivity contribution is 7.99. The second-order valence-corrected chi connectivity index (χ2v) is 7.55. The molecule has 0 N–H and O–H groups in total. The lowest BCUT2D eigenvalue weighted by Crippen LogP contribution is -2.43. The van der Waals surface area contributed by atoms with Gasteiger partial charge in [0.15, 0.2) is 0 Å². The molecule has 0 spiro atoms. The number of nitrogens with zero attached hydrogens (tertiary/aromatic N) is 5. The van der Waals surface area contributed by atoms with Gasteiger partial charge >= 0.3 is 0 Å². The molecule has 2 unspecified atom stereocenters. The highest BCUT2D eigenvalue weighted by atomic mass is 32.2. The summed E-state index contributed by atoms with van der Waals surface area (Å²) in [5, 5.41) is 12.4. The number of methoxy groups -OCH3 is 1. The first-order chi connectivity index (χ1) is 12.1. The summed E-state index contributed by atoms with van der Waals surface area (Å²) in [6.07, 6.45) is 1.19. The molecule has 0 radical (unpaired) electrons. The fraction of sp³-hybridized carbons (Fsp3) is 0.529. The van der Waals surface area contributed by atoms with Gasteiger partial charge < -0.3 is 9.64 Å². The molecule has 2 aromatic rings. The van der Waals surface area contributed by atoms with Crippen molar-refractivity contribution in [1.29, 1.82) is 0 Å². The molecule has 0 saturated carbocycles. The Balaban J connectivity index is 1.64. The number of thioether (sulfide) groups is 1. The molecule has 3 rings (SSSR count). The first kappa shape index (κ1) is 17.7. The van der Waals surface area contributed by atoms with Crippen molar-refractivity contribution in [3.8, 4) is 11.4 Å². The fourth-order valence-electron chi connectivity index (χ4n) is 3.24. The molecule has 134 valence electrons. The normalized spacial score (nSPS) is 20.5. The predicted octanol–water partition coefficient (Wildman–Crippen LogP) is 2.27. The van der Waals surface area contributed by atoms with Gasteiger partial charge in [0.2, 0.25) is 11.1 Å². The van der Waals surface area contributed by atoms with Crippen molar-refractivity contribution in [1.82, 2.24) is 25.1 Å². The minimum Gasteiger partial charge on any atom is -0.497 e. The molecule has 1 aromatic carbocycles. The van der Waals surface area contributed by atoms with Crippen LogP contribution in [0.3, 0.4) is 0 Å². The number of likely N-dealkylation sites (tertiary alicyclic amines) is 1. The number of tetrazole rings is 1. The highest BCUT2D eigenvalue weighted by Crippen LogP contribution is 2.24. The van der Waals surface area contributed by atoms with Crippen LogP contribution < -0.4 is 4.74 Å². The van der Waals surface area contributed by atoms with Gasteiger partial charge in [-0.25, -0.2) is 0 Å². The summed E-state index contributed by atoms with van der Waals surface area (Å²) in [7, 11) is 1.63. The predicted molar refractivity (Wildman–Crippen MR) is 96.0 cm³/mol. The number of aromatic nitrogens is 4. The van der Waals surface area contributed by atoms with Crippen molar-refractivity contribution in [2.24, 2.45) is 11.8 Å². The van der Waals surface area contributed by atoms with E-state index in [0.29, 0.717) is 22.7 Å². The summed E-state index contributed by atoms with van der Waals surface area (Å²) in [5.41, 5.74) is 0.834. The Morgan fingerprint density at radius 1 is 1.24 bits per heavy atom. The molecule has 0 aliphatic carbocycles. The van der Waals surface area contributed by atoms with Gasteiger partial charge in [-0.1, -0.05) is 25.6 Å². The van der Waals surface area contributed by atoms with Gasteiger partial charge in [-0.15, -0.1) is 5.10 Å². The lowest BCUT2D eigenvalue weighted by atomic mass is 9.92. The van der Waals surface area contributed by atoms with E-state index in [4.69, 9.17) is 4.74 Å². The van der Waals surface area contributed by atoms with Gasteiger partial charge in [0.05, 0.1) is 18.6 Å². The summed E-state index contributed by atoms with van der Waals surface area (Å²) < 4.78 is 6.80. The first-order valence-corrected chi connectivity index (χ1v) is 9.38. The molecule has 2 atom stereocenters. The Labute approximate surface area is 151 Å². The van der Waals surface area contributed by atoms with Crippen LogP contribution in [0.15, 0.2) is 29.4 Å². The number of rotatable bonds is 5. The van der Waals surface area contributed by atoms with Gasteiger partial charge in [0.25, 0.3) is 0 Å². The standard InChI is InChI=1S/C17H23N5O2S/c1-12-8-13(2)10-21(9-12)16(23)11-25-17-18-19-20-22(17)14-4-6-15(24-3)7-5-14/h4-7,12-13H,8-11H2,1-3H3. The Kier molecular flexibility index (Phi) is 5.57. The third-order valence-electron chi connectivity index (χ3n) is 4.30. The van der Waals surface area contributed by atoms with Crippen LogP contribution in [-0.4, -0.2) is 57.0 Å². The summed E-state index contributed by atoms with van der Waals surface area (Å²) >= 11 is 1.37. The van der Waals surface area contributed by atoms with E-state index in [0.717, 1.165) is 24.5 Å². The van der Waals surface area contributed by atoms with Crippen molar-refractivity contribution < 1.29 is 9.53 Å². The van der Waals surface area contributed by atoms with Crippen LogP contribution in [0.25, 0.3) is 5.69 Å². The number of amides is 1. The van der Waals surface area contributed by atoms with E-state index >= 15 is 0 Å². The molecular formula is C17H23N5O2S. The van der Waals surface area contributed by atoms with Gasteiger partial charge in [-0.05, 0) is 52.9 Å². The summed E-state index contributed by atoms with van der Waals surface area (Å²) in [6.45, 7) is 6.08. The van der Waals surface area contributed by atoms with Gasteiger partial charge in [0, 0.05) is 13.1 Å². The molecule has 1 aliphatic heterocycles. The minimum atomic E-state index is 0.146.